The smallest absolute Gasteiger partial charge is 0.318 e. The zero-order chi connectivity index (χ0) is 18.1. The number of carbonyl (C=O) groups is 3. The Balaban J connectivity index is 1.33. The molecule has 0 unspecified atom stereocenters. The van der Waals surface area contributed by atoms with E-state index >= 15 is 0 Å². The topological polar surface area (TPSA) is 89.7 Å². The molecule has 1 aromatic heterocycles. The lowest BCUT2D eigenvalue weighted by atomic mass is 10.1. The van der Waals surface area contributed by atoms with Gasteiger partial charge in [0.2, 0.25) is 0 Å². The van der Waals surface area contributed by atoms with Gasteiger partial charge in [0, 0.05) is 0 Å². The number of carbonyl (C=O) groups excluding carboxylic acids is 3. The highest BCUT2D eigenvalue weighted by Gasteiger charge is 2.35. The molecular weight excluding hydrogens is 356 g/mol. The van der Waals surface area contributed by atoms with Crippen LogP contribution in [0.4, 0.5) is 0 Å². The summed E-state index contributed by atoms with van der Waals surface area (Å²) in [4.78, 5) is 41.4. The van der Waals surface area contributed by atoms with E-state index in [0.717, 1.165) is 16.7 Å². The van der Waals surface area contributed by atoms with E-state index in [0.29, 0.717) is 27.4 Å². The molecule has 0 aliphatic carbocycles. The van der Waals surface area contributed by atoms with Crippen molar-refractivity contribution in [1.29, 1.82) is 0 Å². The van der Waals surface area contributed by atoms with Crippen LogP contribution in [0.15, 0.2) is 58.2 Å². The van der Waals surface area contributed by atoms with E-state index in [-0.39, 0.29) is 5.75 Å². The van der Waals surface area contributed by atoms with Crippen molar-refractivity contribution in [2.45, 2.75) is 5.22 Å². The second kappa shape index (κ2) is 6.64. The zero-order valence-corrected chi connectivity index (χ0v) is 14.2. The van der Waals surface area contributed by atoms with Gasteiger partial charge in [0.25, 0.3) is 17.0 Å². The minimum Gasteiger partial charge on any atom is -0.443 e. The van der Waals surface area contributed by atoms with E-state index in [1.54, 1.807) is 30.3 Å². The van der Waals surface area contributed by atoms with Crippen LogP contribution in [-0.2, 0) is 9.53 Å². The maximum absolute atomic E-state index is 12.2. The normalized spacial score (nSPS) is 13.3. The van der Waals surface area contributed by atoms with Crippen LogP contribution in [0.3, 0.4) is 0 Å². The molecule has 0 saturated carbocycles. The Bertz CT molecular complexity index is 961. The third-order valence-corrected chi connectivity index (χ3v) is 4.62. The molecule has 2 amide bonds. The molecule has 0 N–H and O–H groups in total. The fourth-order valence-corrected chi connectivity index (χ4v) is 3.20. The Labute approximate surface area is 151 Å². The van der Waals surface area contributed by atoms with E-state index in [1.807, 2.05) is 18.2 Å². The molecule has 4 rings (SSSR count). The van der Waals surface area contributed by atoms with Crippen LogP contribution >= 0.6 is 11.8 Å². The van der Waals surface area contributed by atoms with Gasteiger partial charge in [0.1, 0.15) is 11.3 Å². The fourth-order valence-electron chi connectivity index (χ4n) is 2.57. The average molecular weight is 368 g/mol. The summed E-state index contributed by atoms with van der Waals surface area (Å²) in [6.07, 6.45) is 0. The van der Waals surface area contributed by atoms with Gasteiger partial charge < -0.3 is 9.15 Å². The molecule has 7 nitrogen and oxygen atoms in total. The van der Waals surface area contributed by atoms with Gasteiger partial charge in [-0.05, 0) is 24.3 Å². The van der Waals surface area contributed by atoms with E-state index in [2.05, 4.69) is 4.98 Å². The molecule has 0 bridgehead atoms. The highest BCUT2D eigenvalue weighted by Crippen LogP contribution is 2.24. The summed E-state index contributed by atoms with van der Waals surface area (Å²) in [7, 11) is 0. The monoisotopic (exact) mass is 368 g/mol. The van der Waals surface area contributed by atoms with Gasteiger partial charge >= 0.3 is 5.97 Å². The average Bonchev–Trinajstić information content (AvgIpc) is 3.18. The van der Waals surface area contributed by atoms with Crippen molar-refractivity contribution in [2.24, 2.45) is 0 Å². The number of hydrogen-bond donors (Lipinski definition) is 0. The number of para-hydroxylation sites is 2. The molecule has 130 valence electrons. The van der Waals surface area contributed by atoms with Crippen LogP contribution in [0.25, 0.3) is 11.1 Å². The highest BCUT2D eigenvalue weighted by molar-refractivity contribution is 7.99. The number of ether oxygens (including phenoxy) is 1. The zero-order valence-electron chi connectivity index (χ0n) is 13.4. The second-order valence-electron chi connectivity index (χ2n) is 5.47. The lowest BCUT2D eigenvalue weighted by Crippen LogP contribution is -2.33. The number of imide groups is 1. The summed E-state index contributed by atoms with van der Waals surface area (Å²) in [6.45, 7) is -0.417. The standard InChI is InChI=1S/C18H12N2O5S/c21-15(9-26-18-19-13-7-3-4-8-14(13)25-18)24-10-20-16(22)11-5-1-2-6-12(11)17(20)23/h1-8H,9-10H2. The fraction of sp³-hybridized carbons (Fsp3) is 0.111. The molecule has 0 spiro atoms. The molecule has 1 aliphatic heterocycles. The maximum atomic E-state index is 12.2. The first-order chi connectivity index (χ1) is 12.6. The number of rotatable bonds is 5. The number of nitrogens with zero attached hydrogens (tertiary/aromatic N) is 2. The van der Waals surface area contributed by atoms with Crippen molar-refractivity contribution in [3.8, 4) is 0 Å². The lowest BCUT2D eigenvalue weighted by molar-refractivity contribution is -0.143. The summed E-state index contributed by atoms with van der Waals surface area (Å²) in [6, 6.07) is 13.8. The second-order valence-corrected chi connectivity index (χ2v) is 6.39. The number of thioether (sulfide) groups is 1. The Morgan fingerprint density at radius 2 is 1.69 bits per heavy atom. The van der Waals surface area contributed by atoms with Crippen molar-refractivity contribution in [3.05, 3.63) is 59.7 Å². The van der Waals surface area contributed by atoms with Crippen LogP contribution in [0.5, 0.6) is 0 Å². The summed E-state index contributed by atoms with van der Waals surface area (Å²) in [5, 5.41) is 0.351. The minimum atomic E-state index is -0.575. The summed E-state index contributed by atoms with van der Waals surface area (Å²) >= 11 is 1.09. The maximum Gasteiger partial charge on any atom is 0.318 e. The van der Waals surface area contributed by atoms with Gasteiger partial charge in [0.15, 0.2) is 12.3 Å². The molecule has 0 atom stereocenters. The van der Waals surface area contributed by atoms with E-state index in [1.165, 1.54) is 0 Å². The largest absolute Gasteiger partial charge is 0.443 e. The number of amides is 2. The molecule has 26 heavy (non-hydrogen) atoms. The Hall–Kier alpha value is -3.13. The van der Waals surface area contributed by atoms with Gasteiger partial charge in [-0.2, -0.15) is 0 Å². The van der Waals surface area contributed by atoms with Crippen molar-refractivity contribution in [1.82, 2.24) is 9.88 Å². The predicted octanol–water partition coefficient (Wildman–Crippen LogP) is 2.72. The number of oxazole rings is 1. The lowest BCUT2D eigenvalue weighted by Gasteiger charge is -2.13. The van der Waals surface area contributed by atoms with E-state index in [9.17, 15) is 14.4 Å². The summed E-state index contributed by atoms with van der Waals surface area (Å²) < 4.78 is 10.5. The molecule has 2 heterocycles. The molecule has 8 heteroatoms. The first-order valence-corrected chi connectivity index (χ1v) is 8.71. The summed E-state index contributed by atoms with van der Waals surface area (Å²) in [5.74, 6) is -1.56. The first kappa shape index (κ1) is 16.3. The van der Waals surface area contributed by atoms with Crippen LogP contribution < -0.4 is 0 Å². The molecule has 1 aliphatic rings. The van der Waals surface area contributed by atoms with Gasteiger partial charge in [-0.15, -0.1) is 0 Å². The first-order valence-electron chi connectivity index (χ1n) is 7.73. The van der Waals surface area contributed by atoms with Crippen LogP contribution in [0, 0.1) is 0 Å². The van der Waals surface area contributed by atoms with Gasteiger partial charge in [-0.1, -0.05) is 36.0 Å². The number of hydrogen-bond acceptors (Lipinski definition) is 7. The molecule has 2 aromatic carbocycles. The van der Waals surface area contributed by atoms with Gasteiger partial charge in [0.05, 0.1) is 11.1 Å². The number of benzene rings is 2. The van der Waals surface area contributed by atoms with Crippen LogP contribution in [0.2, 0.25) is 0 Å². The molecule has 3 aromatic rings. The quantitative estimate of drug-likeness (QED) is 0.388. The Morgan fingerprint density at radius 1 is 1.04 bits per heavy atom. The van der Waals surface area contributed by atoms with Gasteiger partial charge in [-0.3, -0.25) is 14.4 Å². The minimum absolute atomic E-state index is 0.0456. The molecular formula is C18H12N2O5S. The Kier molecular flexibility index (Phi) is 4.18. The number of fused-ring (bicyclic) bond motifs is 2. The predicted molar refractivity (Wildman–Crippen MR) is 92.6 cm³/mol. The molecule has 0 radical (unpaired) electrons. The van der Waals surface area contributed by atoms with Crippen LogP contribution in [0.1, 0.15) is 20.7 Å². The van der Waals surface area contributed by atoms with Crippen molar-refractivity contribution in [2.75, 3.05) is 12.5 Å². The number of esters is 1. The third kappa shape index (κ3) is 2.95. The third-order valence-electron chi connectivity index (χ3n) is 3.82. The van der Waals surface area contributed by atoms with E-state index < -0.39 is 24.5 Å². The SMILES string of the molecule is O=C(CSc1nc2ccccc2o1)OCN1C(=O)c2ccccc2C1=O. The van der Waals surface area contributed by atoms with Gasteiger partial charge in [-0.25, -0.2) is 9.88 Å². The summed E-state index contributed by atoms with van der Waals surface area (Å²) in [5.41, 5.74) is 1.97. The number of aromatic nitrogens is 1. The van der Waals surface area contributed by atoms with Crippen LogP contribution in [-0.4, -0.2) is 40.2 Å². The van der Waals surface area contributed by atoms with Crippen molar-refractivity contribution in [3.63, 3.8) is 0 Å². The van der Waals surface area contributed by atoms with E-state index in [4.69, 9.17) is 9.15 Å². The van der Waals surface area contributed by atoms with Crippen molar-refractivity contribution >= 4 is 40.6 Å². The molecule has 0 fully saturated rings. The Morgan fingerprint density at radius 3 is 2.38 bits per heavy atom. The molecule has 0 saturated heterocycles. The highest BCUT2D eigenvalue weighted by atomic mass is 32.2. The van der Waals surface area contributed by atoms with Crippen molar-refractivity contribution < 1.29 is 23.5 Å².